The van der Waals surface area contributed by atoms with Gasteiger partial charge in [-0.1, -0.05) is 35.9 Å². The predicted molar refractivity (Wildman–Crippen MR) is 110 cm³/mol. The highest BCUT2D eigenvalue weighted by molar-refractivity contribution is 7.89. The molecule has 1 fully saturated rings. The fourth-order valence-electron chi connectivity index (χ4n) is 3.17. The van der Waals surface area contributed by atoms with Gasteiger partial charge in [0, 0.05) is 35.7 Å². The topological polar surface area (TPSA) is 62.3 Å². The summed E-state index contributed by atoms with van der Waals surface area (Å²) in [4.78, 5) is 6.68. The van der Waals surface area contributed by atoms with Gasteiger partial charge in [0.15, 0.2) is 5.13 Å². The van der Waals surface area contributed by atoms with Gasteiger partial charge >= 0.3 is 0 Å². The molecule has 1 unspecified atom stereocenters. The average molecular weight is 420 g/mol. The number of nitrogens with zero attached hydrogens (tertiary/aromatic N) is 2. The highest BCUT2D eigenvalue weighted by Crippen LogP contribution is 2.26. The molecule has 1 atom stereocenters. The second kappa shape index (κ2) is 7.59. The maximum atomic E-state index is 12.9. The maximum absolute atomic E-state index is 12.9. The largest absolute Gasteiger partial charge is 0.346 e. The van der Waals surface area contributed by atoms with Crippen molar-refractivity contribution >= 4 is 38.1 Å². The van der Waals surface area contributed by atoms with Crippen LogP contribution < -0.4 is 9.62 Å². The third kappa shape index (κ3) is 4.16. The summed E-state index contributed by atoms with van der Waals surface area (Å²) in [6.45, 7) is 1.43. The third-order valence-electron chi connectivity index (χ3n) is 4.52. The lowest BCUT2D eigenvalue weighted by molar-refractivity contribution is 0.561. The van der Waals surface area contributed by atoms with E-state index in [9.17, 15) is 8.42 Å². The molecule has 1 aliphatic heterocycles. The van der Waals surface area contributed by atoms with Gasteiger partial charge in [0.1, 0.15) is 0 Å². The molecule has 0 spiro atoms. The first-order valence-electron chi connectivity index (χ1n) is 8.54. The number of sulfonamides is 1. The molecule has 1 N–H and O–H groups in total. The van der Waals surface area contributed by atoms with Crippen molar-refractivity contribution in [2.45, 2.75) is 17.4 Å². The summed E-state index contributed by atoms with van der Waals surface area (Å²) in [7, 11) is -3.59. The van der Waals surface area contributed by atoms with Crippen LogP contribution in [0.3, 0.4) is 0 Å². The fourth-order valence-corrected chi connectivity index (χ4v) is 5.29. The standard InChI is InChI=1S/C19H18ClN3O2S2/c20-16-6-4-14(5-7-16)15-2-1-3-18(12-15)27(24,25)22-17-8-10-23(13-17)19-21-9-11-26-19/h1-7,9,11-12,17,22H,8,10,13H2. The zero-order valence-electron chi connectivity index (χ0n) is 14.4. The van der Waals surface area contributed by atoms with Crippen molar-refractivity contribution in [2.75, 3.05) is 18.0 Å². The van der Waals surface area contributed by atoms with Crippen molar-refractivity contribution < 1.29 is 8.42 Å². The van der Waals surface area contributed by atoms with Gasteiger partial charge in [0.05, 0.1) is 4.90 Å². The Hall–Kier alpha value is -1.93. The van der Waals surface area contributed by atoms with E-state index < -0.39 is 10.0 Å². The highest BCUT2D eigenvalue weighted by Gasteiger charge is 2.28. The number of halogens is 1. The lowest BCUT2D eigenvalue weighted by Crippen LogP contribution is -2.37. The highest BCUT2D eigenvalue weighted by atomic mass is 35.5. The van der Waals surface area contributed by atoms with Crippen molar-refractivity contribution in [3.05, 3.63) is 65.1 Å². The molecule has 0 saturated carbocycles. The Morgan fingerprint density at radius 1 is 1.15 bits per heavy atom. The van der Waals surface area contributed by atoms with Gasteiger partial charge in [-0.25, -0.2) is 18.1 Å². The number of hydrogen-bond acceptors (Lipinski definition) is 5. The average Bonchev–Trinajstić information content (AvgIpc) is 3.34. The summed E-state index contributed by atoms with van der Waals surface area (Å²) in [5.74, 6) is 0. The minimum absolute atomic E-state index is 0.127. The smallest absolute Gasteiger partial charge is 0.240 e. The number of nitrogens with one attached hydrogen (secondary N) is 1. The van der Waals surface area contributed by atoms with E-state index in [4.69, 9.17) is 11.6 Å². The monoisotopic (exact) mass is 419 g/mol. The van der Waals surface area contributed by atoms with Crippen LogP contribution in [0.15, 0.2) is 65.0 Å². The number of anilines is 1. The molecule has 4 rings (SSSR count). The van der Waals surface area contributed by atoms with Crippen molar-refractivity contribution in [3.63, 3.8) is 0 Å². The van der Waals surface area contributed by atoms with Gasteiger partial charge in [0.2, 0.25) is 10.0 Å². The Labute approximate surface area is 167 Å². The summed E-state index contributed by atoms with van der Waals surface area (Å²) < 4.78 is 28.5. The number of aromatic nitrogens is 1. The van der Waals surface area contributed by atoms with E-state index in [2.05, 4.69) is 14.6 Å². The minimum atomic E-state index is -3.59. The van der Waals surface area contributed by atoms with E-state index >= 15 is 0 Å². The molecule has 1 saturated heterocycles. The first-order valence-corrected chi connectivity index (χ1v) is 11.3. The molecular weight excluding hydrogens is 402 g/mol. The number of hydrogen-bond donors (Lipinski definition) is 1. The normalized spacial score (nSPS) is 17.4. The van der Waals surface area contributed by atoms with E-state index in [1.165, 1.54) is 0 Å². The molecule has 0 amide bonds. The molecule has 27 heavy (non-hydrogen) atoms. The Morgan fingerprint density at radius 2 is 1.96 bits per heavy atom. The molecule has 1 aliphatic rings. The third-order valence-corrected chi connectivity index (χ3v) is 7.12. The van der Waals surface area contributed by atoms with E-state index in [0.717, 1.165) is 29.2 Å². The molecule has 2 heterocycles. The molecular formula is C19H18ClN3O2S2. The van der Waals surface area contributed by atoms with E-state index in [-0.39, 0.29) is 10.9 Å². The molecule has 2 aromatic carbocycles. The van der Waals surface area contributed by atoms with Crippen LogP contribution in [-0.4, -0.2) is 32.5 Å². The van der Waals surface area contributed by atoms with Gasteiger partial charge in [-0.05, 0) is 41.8 Å². The maximum Gasteiger partial charge on any atom is 0.240 e. The number of rotatable bonds is 5. The quantitative estimate of drug-likeness (QED) is 0.678. The van der Waals surface area contributed by atoms with Crippen LogP contribution in [0, 0.1) is 0 Å². The van der Waals surface area contributed by atoms with Gasteiger partial charge in [-0.3, -0.25) is 0 Å². The second-order valence-electron chi connectivity index (χ2n) is 6.40. The van der Waals surface area contributed by atoms with Gasteiger partial charge in [-0.2, -0.15) is 0 Å². The predicted octanol–water partition coefficient (Wildman–Crippen LogP) is 4.02. The summed E-state index contributed by atoms with van der Waals surface area (Å²) >= 11 is 7.50. The molecule has 3 aromatic rings. The van der Waals surface area contributed by atoms with Crippen molar-refractivity contribution in [1.29, 1.82) is 0 Å². The van der Waals surface area contributed by atoms with Crippen LogP contribution in [-0.2, 0) is 10.0 Å². The summed E-state index contributed by atoms with van der Waals surface area (Å²) in [5.41, 5.74) is 1.76. The zero-order valence-corrected chi connectivity index (χ0v) is 16.8. The van der Waals surface area contributed by atoms with Crippen molar-refractivity contribution in [1.82, 2.24) is 9.71 Å². The van der Waals surface area contributed by atoms with Crippen LogP contribution in [0.4, 0.5) is 5.13 Å². The van der Waals surface area contributed by atoms with Crippen LogP contribution in [0.5, 0.6) is 0 Å². The fraction of sp³-hybridized carbons (Fsp3) is 0.211. The molecule has 140 valence electrons. The van der Waals surface area contributed by atoms with Crippen LogP contribution >= 0.6 is 22.9 Å². The Balaban J connectivity index is 1.51. The Bertz CT molecular complexity index is 1020. The van der Waals surface area contributed by atoms with Crippen molar-refractivity contribution in [2.24, 2.45) is 0 Å². The van der Waals surface area contributed by atoms with Crippen LogP contribution in [0.1, 0.15) is 6.42 Å². The van der Waals surface area contributed by atoms with Gasteiger partial charge in [-0.15, -0.1) is 11.3 Å². The lowest BCUT2D eigenvalue weighted by Gasteiger charge is -2.16. The van der Waals surface area contributed by atoms with Gasteiger partial charge in [0.25, 0.3) is 0 Å². The lowest BCUT2D eigenvalue weighted by atomic mass is 10.1. The molecule has 8 heteroatoms. The second-order valence-corrected chi connectivity index (χ2v) is 9.43. The van der Waals surface area contributed by atoms with E-state index in [0.29, 0.717) is 11.6 Å². The van der Waals surface area contributed by atoms with E-state index in [1.54, 1.807) is 47.9 Å². The van der Waals surface area contributed by atoms with Crippen LogP contribution in [0.2, 0.25) is 5.02 Å². The van der Waals surface area contributed by atoms with E-state index in [1.807, 2.05) is 23.6 Å². The molecule has 0 aliphatic carbocycles. The summed E-state index contributed by atoms with van der Waals surface area (Å²) in [6.07, 6.45) is 2.52. The SMILES string of the molecule is O=S(=O)(NC1CCN(c2nccs2)C1)c1cccc(-c2ccc(Cl)cc2)c1. The number of benzene rings is 2. The first kappa shape index (κ1) is 18.4. The Kier molecular flexibility index (Phi) is 5.19. The molecule has 0 bridgehead atoms. The molecule has 0 radical (unpaired) electrons. The molecule has 1 aromatic heterocycles. The van der Waals surface area contributed by atoms with Crippen molar-refractivity contribution in [3.8, 4) is 11.1 Å². The van der Waals surface area contributed by atoms with Crippen LogP contribution in [0.25, 0.3) is 11.1 Å². The first-order chi connectivity index (χ1) is 13.0. The van der Waals surface area contributed by atoms with Gasteiger partial charge < -0.3 is 4.90 Å². The Morgan fingerprint density at radius 3 is 2.70 bits per heavy atom. The zero-order chi connectivity index (χ0) is 18.9. The molecule has 5 nitrogen and oxygen atoms in total. The summed E-state index contributed by atoms with van der Waals surface area (Å²) in [6, 6.07) is 14.2. The summed E-state index contributed by atoms with van der Waals surface area (Å²) in [5, 5.41) is 3.51. The minimum Gasteiger partial charge on any atom is -0.346 e. The number of thiazole rings is 1.